The van der Waals surface area contributed by atoms with Gasteiger partial charge < -0.3 is 26.0 Å². The minimum atomic E-state index is -0.727. The summed E-state index contributed by atoms with van der Waals surface area (Å²) in [4.78, 5) is 38.9. The van der Waals surface area contributed by atoms with Crippen molar-refractivity contribution in [3.63, 3.8) is 0 Å². The van der Waals surface area contributed by atoms with Gasteiger partial charge in [0, 0.05) is 12.0 Å². The minimum absolute atomic E-state index is 0.0355. The number of nitrogens with one attached hydrogen (secondary N) is 5. The molecule has 0 saturated carbocycles. The van der Waals surface area contributed by atoms with E-state index in [0.717, 1.165) is 11.8 Å². The molecule has 2 atom stereocenters. The zero-order valence-corrected chi connectivity index (χ0v) is 16.7. The van der Waals surface area contributed by atoms with Gasteiger partial charge in [0.2, 0.25) is 5.91 Å². The second-order valence-electron chi connectivity index (χ2n) is 6.65. The number of rotatable bonds is 9. The fourth-order valence-electron chi connectivity index (χ4n) is 2.04. The van der Waals surface area contributed by atoms with Crippen molar-refractivity contribution < 1.29 is 19.1 Å². The lowest BCUT2D eigenvalue weighted by Gasteiger charge is -2.36. The molecule has 11 heteroatoms. The lowest BCUT2D eigenvalue weighted by atomic mass is 9.98. The summed E-state index contributed by atoms with van der Waals surface area (Å²) in [6, 6.07) is -0.923. The van der Waals surface area contributed by atoms with Crippen molar-refractivity contribution in [3.8, 4) is 0 Å². The van der Waals surface area contributed by atoms with Crippen molar-refractivity contribution >= 4 is 42.1 Å². The number of carbonyl (C=O) groups is 3. The molecule has 2 unspecified atom stereocenters. The lowest BCUT2D eigenvalue weighted by Crippen LogP contribution is -2.71. The minimum Gasteiger partial charge on any atom is -0.444 e. The number of carbonyl (C=O) groups excluding carboxylic acids is 3. The zero-order valence-electron chi connectivity index (χ0n) is 15.8. The highest BCUT2D eigenvalue weighted by Crippen LogP contribution is 2.11. The average Bonchev–Trinajstić information content (AvgIpc) is 2.57. The van der Waals surface area contributed by atoms with Crippen LogP contribution in [0.3, 0.4) is 0 Å². The van der Waals surface area contributed by atoms with Crippen LogP contribution >= 0.6 is 11.8 Å². The molecule has 0 aromatic heterocycles. The van der Waals surface area contributed by atoms with Crippen LogP contribution in [-0.4, -0.2) is 67.5 Å². The van der Waals surface area contributed by atoms with Gasteiger partial charge in [-0.1, -0.05) is 0 Å². The first-order chi connectivity index (χ1) is 12.6. The monoisotopic (exact) mass is 398 g/mol. The molecule has 150 valence electrons. The molecule has 0 aromatic rings. The number of thioether (sulfide) groups is 1. The molecule has 1 rings (SSSR count). The van der Waals surface area contributed by atoms with E-state index in [1.54, 1.807) is 27.8 Å². The van der Waals surface area contributed by atoms with E-state index in [-0.39, 0.29) is 23.5 Å². The Kier molecular flexibility index (Phi) is 8.44. The fourth-order valence-corrected chi connectivity index (χ4v) is 2.67. The largest absolute Gasteiger partial charge is 0.444 e. The summed E-state index contributed by atoms with van der Waals surface area (Å²) in [5, 5.41) is 20.0. The number of β-lactam (4-membered cyclic amide) rings is 1. The Morgan fingerprint density at radius 1 is 1.44 bits per heavy atom. The molecule has 3 amide bonds. The first-order valence-electron chi connectivity index (χ1n) is 8.19. The van der Waals surface area contributed by atoms with E-state index in [9.17, 15) is 14.4 Å². The first kappa shape index (κ1) is 22.6. The van der Waals surface area contributed by atoms with Crippen LogP contribution in [-0.2, 0) is 14.3 Å². The Balaban J connectivity index is 2.51. The third-order valence-corrected chi connectivity index (χ3v) is 3.97. The SMILES string of the molecule is C=N/C(=C\SCNC(=O)OC(C)(C)C)C(=N)C(=O)NC1C(=O)NC1CNC. The number of alkyl carbamates (subject to hydrolysis) is 1. The van der Waals surface area contributed by atoms with E-state index >= 15 is 0 Å². The van der Waals surface area contributed by atoms with Crippen LogP contribution in [0.5, 0.6) is 0 Å². The highest BCUT2D eigenvalue weighted by molar-refractivity contribution is 8.02. The Morgan fingerprint density at radius 3 is 2.63 bits per heavy atom. The molecule has 0 aliphatic carbocycles. The van der Waals surface area contributed by atoms with Crippen LogP contribution in [0.25, 0.3) is 0 Å². The van der Waals surface area contributed by atoms with E-state index in [2.05, 4.69) is 33.0 Å². The number of hydrogen-bond donors (Lipinski definition) is 5. The van der Waals surface area contributed by atoms with Crippen molar-refractivity contribution in [3.05, 3.63) is 11.1 Å². The van der Waals surface area contributed by atoms with Gasteiger partial charge >= 0.3 is 6.09 Å². The molecule has 0 spiro atoms. The molecule has 0 bridgehead atoms. The topological polar surface area (TPSA) is 145 Å². The van der Waals surface area contributed by atoms with E-state index in [4.69, 9.17) is 10.1 Å². The number of amides is 3. The quantitative estimate of drug-likeness (QED) is 0.160. The molecule has 1 saturated heterocycles. The van der Waals surface area contributed by atoms with Gasteiger partial charge in [0.05, 0.1) is 17.6 Å². The number of hydrogen-bond acceptors (Lipinski definition) is 8. The van der Waals surface area contributed by atoms with Gasteiger partial charge in [-0.15, -0.1) is 11.8 Å². The van der Waals surface area contributed by atoms with E-state index in [0.29, 0.717) is 6.54 Å². The summed E-state index contributed by atoms with van der Waals surface area (Å²) in [5.74, 6) is -0.863. The third-order valence-electron chi connectivity index (χ3n) is 3.27. The van der Waals surface area contributed by atoms with Crippen LogP contribution in [0.1, 0.15) is 20.8 Å². The van der Waals surface area contributed by atoms with Gasteiger partial charge in [0.15, 0.2) is 0 Å². The van der Waals surface area contributed by atoms with Crippen molar-refractivity contribution in [1.29, 1.82) is 5.41 Å². The van der Waals surface area contributed by atoms with Gasteiger partial charge in [-0.05, 0) is 34.5 Å². The van der Waals surface area contributed by atoms with Gasteiger partial charge in [-0.25, -0.2) is 4.79 Å². The second kappa shape index (κ2) is 10.1. The summed E-state index contributed by atoms with van der Waals surface area (Å²) in [6.07, 6.45) is -0.573. The van der Waals surface area contributed by atoms with Crippen molar-refractivity contribution in [2.24, 2.45) is 4.99 Å². The Labute approximate surface area is 162 Å². The number of ether oxygens (including phenoxy) is 1. The molecule has 5 N–H and O–H groups in total. The Hall–Kier alpha value is -2.40. The van der Waals surface area contributed by atoms with Crippen LogP contribution in [0.2, 0.25) is 0 Å². The molecule has 0 aromatic carbocycles. The highest BCUT2D eigenvalue weighted by Gasteiger charge is 2.40. The molecule has 1 fully saturated rings. The van der Waals surface area contributed by atoms with Crippen molar-refractivity contribution in [2.45, 2.75) is 38.5 Å². The number of likely N-dealkylation sites (N-methyl/N-ethyl adjacent to an activating group) is 1. The molecular weight excluding hydrogens is 372 g/mol. The van der Waals surface area contributed by atoms with E-state index in [1.807, 2.05) is 0 Å². The summed E-state index contributed by atoms with van der Waals surface area (Å²) in [6.45, 7) is 9.10. The average molecular weight is 398 g/mol. The molecule has 1 heterocycles. The highest BCUT2D eigenvalue weighted by atomic mass is 32.2. The smallest absolute Gasteiger partial charge is 0.408 e. The molecule has 27 heavy (non-hydrogen) atoms. The maximum atomic E-state index is 12.2. The van der Waals surface area contributed by atoms with Crippen LogP contribution in [0.15, 0.2) is 16.1 Å². The normalized spacial score (nSPS) is 19.4. The Bertz CT molecular complexity index is 643. The molecule has 0 radical (unpaired) electrons. The number of aliphatic imine (C=N–C) groups is 1. The molecular formula is C16H26N6O4S. The number of nitrogens with zero attached hydrogens (tertiary/aromatic N) is 1. The fraction of sp³-hybridized carbons (Fsp3) is 0.562. The van der Waals surface area contributed by atoms with E-state index in [1.165, 1.54) is 5.41 Å². The maximum Gasteiger partial charge on any atom is 0.408 e. The summed E-state index contributed by atoms with van der Waals surface area (Å²) >= 11 is 1.12. The van der Waals surface area contributed by atoms with Crippen LogP contribution in [0, 0.1) is 5.41 Å². The van der Waals surface area contributed by atoms with Gasteiger partial charge in [-0.3, -0.25) is 20.0 Å². The summed E-state index contributed by atoms with van der Waals surface area (Å²) in [5.41, 5.74) is -0.983. The molecule has 10 nitrogen and oxygen atoms in total. The maximum absolute atomic E-state index is 12.2. The third kappa shape index (κ3) is 7.39. The molecule has 1 aliphatic rings. The van der Waals surface area contributed by atoms with Crippen molar-refractivity contribution in [2.75, 3.05) is 19.5 Å². The van der Waals surface area contributed by atoms with Gasteiger partial charge in [-0.2, -0.15) is 0 Å². The van der Waals surface area contributed by atoms with E-state index < -0.39 is 29.4 Å². The summed E-state index contributed by atoms with van der Waals surface area (Å²) in [7, 11) is 1.73. The lowest BCUT2D eigenvalue weighted by molar-refractivity contribution is -0.134. The van der Waals surface area contributed by atoms with Gasteiger partial charge in [0.1, 0.15) is 17.4 Å². The summed E-state index contributed by atoms with van der Waals surface area (Å²) < 4.78 is 5.09. The first-order valence-corrected chi connectivity index (χ1v) is 9.24. The van der Waals surface area contributed by atoms with Crippen LogP contribution in [0.4, 0.5) is 4.79 Å². The van der Waals surface area contributed by atoms with Crippen molar-refractivity contribution in [1.82, 2.24) is 21.3 Å². The standard InChI is InChI=1S/C16H26N6O4S/c1-16(2,3)26-15(25)20-8-27-7-10(19-5)11(17)13(23)22-12-9(6-18-4)21-14(12)24/h7,9,12,17-18H,5-6,8H2,1-4H3,(H,20,25)(H,21,24)(H,22,23)/b10-7-,17-11?. The van der Waals surface area contributed by atoms with Gasteiger partial charge in [0.25, 0.3) is 5.91 Å². The predicted octanol–water partition coefficient (Wildman–Crippen LogP) is -0.0338. The zero-order chi connectivity index (χ0) is 20.6. The molecule has 1 aliphatic heterocycles. The second-order valence-corrected chi connectivity index (χ2v) is 7.51. The Morgan fingerprint density at radius 2 is 2.11 bits per heavy atom. The predicted molar refractivity (Wildman–Crippen MR) is 105 cm³/mol. The van der Waals surface area contributed by atoms with Crippen LogP contribution < -0.4 is 21.3 Å².